The molecule has 0 aliphatic rings. The van der Waals surface area contributed by atoms with Crippen molar-refractivity contribution in [3.63, 3.8) is 0 Å². The van der Waals surface area contributed by atoms with Crippen LogP contribution < -0.4 is 9.62 Å². The summed E-state index contributed by atoms with van der Waals surface area (Å²) in [5, 5.41) is 3.41. The lowest BCUT2D eigenvalue weighted by atomic mass is 10.1. The fourth-order valence-corrected chi connectivity index (χ4v) is 4.91. The van der Waals surface area contributed by atoms with Crippen LogP contribution in [-0.2, 0) is 26.2 Å². The molecular formula is C25H33Cl2N3O4S. The zero-order chi connectivity index (χ0) is 26.6. The van der Waals surface area contributed by atoms with E-state index < -0.39 is 34.1 Å². The van der Waals surface area contributed by atoms with Crippen molar-refractivity contribution in [1.29, 1.82) is 0 Å². The maximum absolute atomic E-state index is 13.7. The third-order valence-electron chi connectivity index (χ3n) is 5.17. The summed E-state index contributed by atoms with van der Waals surface area (Å²) in [4.78, 5) is 28.2. The Kier molecular flexibility index (Phi) is 9.62. The molecule has 0 unspecified atom stereocenters. The van der Waals surface area contributed by atoms with Gasteiger partial charge in [-0.15, -0.1) is 0 Å². The number of rotatable bonds is 9. The molecule has 2 rings (SSSR count). The molecule has 1 atom stereocenters. The summed E-state index contributed by atoms with van der Waals surface area (Å²) in [6.07, 6.45) is 1.35. The Labute approximate surface area is 218 Å². The highest BCUT2D eigenvalue weighted by atomic mass is 35.5. The molecule has 35 heavy (non-hydrogen) atoms. The summed E-state index contributed by atoms with van der Waals surface area (Å²) in [6, 6.07) is 11.1. The average molecular weight is 543 g/mol. The number of halogens is 2. The van der Waals surface area contributed by atoms with Crippen molar-refractivity contribution in [3.8, 4) is 0 Å². The first-order valence-electron chi connectivity index (χ1n) is 11.2. The second-order valence-electron chi connectivity index (χ2n) is 9.57. The highest BCUT2D eigenvalue weighted by Crippen LogP contribution is 2.27. The number of sulfonamides is 1. The SMILES string of the molecule is CC[C@H](C(=O)NC(C)(C)C)N(Cc1ccc(C)cc1)C(=O)CN(c1cc(Cl)cc(Cl)c1)S(C)(=O)=O. The van der Waals surface area contributed by atoms with Crippen LogP contribution in [0, 0.1) is 6.92 Å². The van der Waals surface area contributed by atoms with Gasteiger partial charge in [0, 0.05) is 22.1 Å². The van der Waals surface area contributed by atoms with Gasteiger partial charge in [0.15, 0.2) is 0 Å². The van der Waals surface area contributed by atoms with E-state index in [9.17, 15) is 18.0 Å². The van der Waals surface area contributed by atoms with Crippen LogP contribution in [0.3, 0.4) is 0 Å². The number of carbonyl (C=O) groups excluding carboxylic acids is 2. The van der Waals surface area contributed by atoms with E-state index in [2.05, 4.69) is 5.32 Å². The van der Waals surface area contributed by atoms with Gasteiger partial charge in [-0.2, -0.15) is 0 Å². The molecule has 0 radical (unpaired) electrons. The average Bonchev–Trinajstić information content (AvgIpc) is 2.70. The number of aryl methyl sites for hydroxylation is 1. The van der Waals surface area contributed by atoms with Gasteiger partial charge in [0.25, 0.3) is 0 Å². The summed E-state index contributed by atoms with van der Waals surface area (Å²) in [7, 11) is -3.87. The first-order valence-corrected chi connectivity index (χ1v) is 13.8. The maximum atomic E-state index is 13.7. The van der Waals surface area contributed by atoms with E-state index in [1.54, 1.807) is 0 Å². The van der Waals surface area contributed by atoms with Gasteiger partial charge in [-0.25, -0.2) is 8.42 Å². The minimum Gasteiger partial charge on any atom is -0.350 e. The van der Waals surface area contributed by atoms with Crippen molar-refractivity contribution in [2.24, 2.45) is 0 Å². The predicted octanol–water partition coefficient (Wildman–Crippen LogP) is 4.79. The Morgan fingerprint density at radius 1 is 1.03 bits per heavy atom. The van der Waals surface area contributed by atoms with Crippen LogP contribution in [-0.4, -0.2) is 49.5 Å². The summed E-state index contributed by atoms with van der Waals surface area (Å²) >= 11 is 12.2. The minimum absolute atomic E-state index is 0.142. The third kappa shape index (κ3) is 8.70. The Balaban J connectivity index is 2.48. The molecule has 2 aromatic carbocycles. The van der Waals surface area contributed by atoms with Crippen LogP contribution in [0.2, 0.25) is 10.0 Å². The third-order valence-corrected chi connectivity index (χ3v) is 6.75. The molecule has 0 heterocycles. The Morgan fingerprint density at radius 3 is 2.03 bits per heavy atom. The lowest BCUT2D eigenvalue weighted by Crippen LogP contribution is -2.55. The van der Waals surface area contributed by atoms with Gasteiger partial charge >= 0.3 is 0 Å². The number of amides is 2. The van der Waals surface area contributed by atoms with Crippen molar-refractivity contribution in [3.05, 3.63) is 63.6 Å². The molecule has 0 bridgehead atoms. The number of anilines is 1. The highest BCUT2D eigenvalue weighted by molar-refractivity contribution is 7.92. The fraction of sp³-hybridized carbons (Fsp3) is 0.440. The molecule has 2 amide bonds. The lowest BCUT2D eigenvalue weighted by Gasteiger charge is -2.34. The first kappa shape index (κ1) is 28.9. The molecule has 2 aromatic rings. The number of benzene rings is 2. The Morgan fingerprint density at radius 2 is 1.57 bits per heavy atom. The normalized spacial score (nSPS) is 12.7. The number of hydrogen-bond acceptors (Lipinski definition) is 4. The molecule has 1 N–H and O–H groups in total. The first-order chi connectivity index (χ1) is 16.1. The second-order valence-corrected chi connectivity index (χ2v) is 12.3. The van der Waals surface area contributed by atoms with E-state index in [1.807, 2.05) is 58.9 Å². The fourth-order valence-electron chi connectivity index (χ4n) is 3.56. The van der Waals surface area contributed by atoms with Crippen LogP contribution in [0.4, 0.5) is 5.69 Å². The van der Waals surface area contributed by atoms with Gasteiger partial charge in [0.2, 0.25) is 21.8 Å². The molecule has 192 valence electrons. The smallest absolute Gasteiger partial charge is 0.244 e. The van der Waals surface area contributed by atoms with Crippen molar-refractivity contribution in [1.82, 2.24) is 10.2 Å². The minimum atomic E-state index is -3.87. The van der Waals surface area contributed by atoms with Crippen LogP contribution in [0.5, 0.6) is 0 Å². The number of nitrogens with one attached hydrogen (secondary N) is 1. The molecule has 0 saturated carbocycles. The van der Waals surface area contributed by atoms with Crippen molar-refractivity contribution < 1.29 is 18.0 Å². The van der Waals surface area contributed by atoms with Gasteiger partial charge in [0.1, 0.15) is 12.6 Å². The van der Waals surface area contributed by atoms with E-state index in [0.717, 1.165) is 21.7 Å². The molecule has 7 nitrogen and oxygen atoms in total. The molecular weight excluding hydrogens is 509 g/mol. The summed E-state index contributed by atoms with van der Waals surface area (Å²) in [6.45, 7) is 8.98. The Bertz CT molecular complexity index is 1140. The summed E-state index contributed by atoms with van der Waals surface area (Å²) in [5.74, 6) is -0.833. The Hall–Kier alpha value is -2.29. The maximum Gasteiger partial charge on any atom is 0.244 e. The molecule has 0 aliphatic heterocycles. The summed E-state index contributed by atoms with van der Waals surface area (Å²) < 4.78 is 26.3. The molecule has 10 heteroatoms. The molecule has 0 spiro atoms. The van der Waals surface area contributed by atoms with E-state index in [-0.39, 0.29) is 28.2 Å². The largest absolute Gasteiger partial charge is 0.350 e. The van der Waals surface area contributed by atoms with Gasteiger partial charge < -0.3 is 10.2 Å². The number of carbonyl (C=O) groups is 2. The van der Waals surface area contributed by atoms with Gasteiger partial charge in [-0.3, -0.25) is 13.9 Å². The molecule has 0 aliphatic carbocycles. The molecule has 0 aromatic heterocycles. The molecule has 0 saturated heterocycles. The van der Waals surface area contributed by atoms with Crippen LogP contribution in [0.1, 0.15) is 45.2 Å². The summed E-state index contributed by atoms with van der Waals surface area (Å²) in [5.41, 5.74) is 1.55. The van der Waals surface area contributed by atoms with Gasteiger partial charge in [-0.1, -0.05) is 60.0 Å². The van der Waals surface area contributed by atoms with E-state index in [4.69, 9.17) is 23.2 Å². The number of nitrogens with zero attached hydrogens (tertiary/aromatic N) is 2. The van der Waals surface area contributed by atoms with Crippen molar-refractivity contribution in [2.75, 3.05) is 17.1 Å². The molecule has 0 fully saturated rings. The highest BCUT2D eigenvalue weighted by Gasteiger charge is 2.33. The second kappa shape index (κ2) is 11.6. The topological polar surface area (TPSA) is 86.8 Å². The van der Waals surface area contributed by atoms with Crippen LogP contribution in [0.15, 0.2) is 42.5 Å². The van der Waals surface area contributed by atoms with Crippen LogP contribution in [0.25, 0.3) is 0 Å². The predicted molar refractivity (Wildman–Crippen MR) is 142 cm³/mol. The number of hydrogen-bond donors (Lipinski definition) is 1. The standard InChI is InChI=1S/C25H33Cl2N3O4S/c1-7-22(24(32)28-25(3,4)5)29(15-18-10-8-17(2)9-11-18)23(31)16-30(35(6,33)34)21-13-19(26)12-20(27)14-21/h8-14,22H,7,15-16H2,1-6H3,(H,28,32)/t22-/m1/s1. The van der Waals surface area contributed by atoms with E-state index >= 15 is 0 Å². The van der Waals surface area contributed by atoms with E-state index in [1.165, 1.54) is 23.1 Å². The lowest BCUT2D eigenvalue weighted by molar-refractivity contribution is -0.141. The quantitative estimate of drug-likeness (QED) is 0.494. The van der Waals surface area contributed by atoms with Crippen molar-refractivity contribution in [2.45, 2.75) is 59.2 Å². The zero-order valence-electron chi connectivity index (χ0n) is 20.9. The van der Waals surface area contributed by atoms with Crippen molar-refractivity contribution >= 4 is 50.7 Å². The van der Waals surface area contributed by atoms with Gasteiger partial charge in [0.05, 0.1) is 11.9 Å². The van der Waals surface area contributed by atoms with Gasteiger partial charge in [-0.05, 0) is 57.9 Å². The van der Waals surface area contributed by atoms with Crippen LogP contribution >= 0.6 is 23.2 Å². The monoisotopic (exact) mass is 541 g/mol. The van der Waals surface area contributed by atoms with E-state index in [0.29, 0.717) is 6.42 Å². The zero-order valence-corrected chi connectivity index (χ0v) is 23.3.